The van der Waals surface area contributed by atoms with E-state index in [4.69, 9.17) is 10.3 Å². The molecule has 0 spiro atoms. The highest BCUT2D eigenvalue weighted by molar-refractivity contribution is 5.94. The Hall–Kier alpha value is -2.41. The number of nitrogens with two attached hydrogens (primary N) is 1. The van der Waals surface area contributed by atoms with Crippen molar-refractivity contribution >= 4 is 11.7 Å². The molecule has 2 heterocycles. The van der Waals surface area contributed by atoms with Gasteiger partial charge in [-0.25, -0.2) is 15.8 Å². The molecule has 0 aliphatic carbocycles. The Balaban J connectivity index is 1.96. The number of hydrazine groups is 1. The smallest absolute Gasteiger partial charge is 0.251 e. The third-order valence-corrected chi connectivity index (χ3v) is 2.52. The predicted molar refractivity (Wildman–Crippen MR) is 69.1 cm³/mol. The summed E-state index contributed by atoms with van der Waals surface area (Å²) in [6.07, 6.45) is 3.94. The molecule has 2 rings (SSSR count). The van der Waals surface area contributed by atoms with E-state index in [-0.39, 0.29) is 12.5 Å². The summed E-state index contributed by atoms with van der Waals surface area (Å²) >= 11 is 0. The number of carbonyl (C=O) groups excluding carboxylic acids is 1. The lowest BCUT2D eigenvalue weighted by Gasteiger charge is -2.04. The van der Waals surface area contributed by atoms with E-state index < -0.39 is 0 Å². The van der Waals surface area contributed by atoms with Crippen LogP contribution in [0.4, 0.5) is 5.82 Å². The zero-order valence-electron chi connectivity index (χ0n) is 10.5. The molecule has 19 heavy (non-hydrogen) atoms. The topological polar surface area (TPSA) is 106 Å². The fourth-order valence-electron chi connectivity index (χ4n) is 1.50. The van der Waals surface area contributed by atoms with Gasteiger partial charge >= 0.3 is 0 Å². The molecule has 0 radical (unpaired) electrons. The molecule has 2 aromatic rings. The highest BCUT2D eigenvalue weighted by Crippen LogP contribution is 2.07. The summed E-state index contributed by atoms with van der Waals surface area (Å²) < 4.78 is 5.39. The molecule has 100 valence electrons. The number of aromatic nitrogens is 2. The van der Waals surface area contributed by atoms with E-state index >= 15 is 0 Å². The molecule has 0 aliphatic heterocycles. The second-order valence-electron chi connectivity index (χ2n) is 3.83. The van der Waals surface area contributed by atoms with E-state index in [0.717, 1.165) is 12.2 Å². The maximum atomic E-state index is 11.9. The second-order valence-corrected chi connectivity index (χ2v) is 3.83. The molecule has 0 aliphatic rings. The van der Waals surface area contributed by atoms with Gasteiger partial charge in [-0.05, 0) is 12.1 Å². The third kappa shape index (κ3) is 3.29. The van der Waals surface area contributed by atoms with Crippen molar-refractivity contribution in [1.82, 2.24) is 15.3 Å². The molecule has 4 N–H and O–H groups in total. The fraction of sp³-hybridized carbons (Fsp3) is 0.250. The van der Waals surface area contributed by atoms with Gasteiger partial charge in [-0.15, -0.1) is 0 Å². The van der Waals surface area contributed by atoms with Crippen molar-refractivity contribution in [2.24, 2.45) is 5.84 Å². The first kappa shape index (κ1) is 13.0. The minimum atomic E-state index is -0.241. The first-order chi connectivity index (χ1) is 9.22. The van der Waals surface area contributed by atoms with Gasteiger partial charge in [0.25, 0.3) is 5.91 Å². The predicted octanol–water partition coefficient (Wildman–Crippen LogP) is 0.848. The van der Waals surface area contributed by atoms with E-state index in [1.165, 1.54) is 6.20 Å². The average Bonchev–Trinajstić information content (AvgIpc) is 2.93. The average molecular weight is 261 g/mol. The first-order valence-corrected chi connectivity index (χ1v) is 5.87. The number of aryl methyl sites for hydroxylation is 1. The first-order valence-electron chi connectivity index (χ1n) is 5.87. The van der Waals surface area contributed by atoms with Crippen molar-refractivity contribution in [2.45, 2.75) is 19.9 Å². The van der Waals surface area contributed by atoms with Gasteiger partial charge in [0.2, 0.25) is 5.89 Å². The Kier molecular flexibility index (Phi) is 4.09. The van der Waals surface area contributed by atoms with Crippen LogP contribution in [0.25, 0.3) is 0 Å². The molecule has 0 saturated carbocycles. The van der Waals surface area contributed by atoms with Gasteiger partial charge in [0.05, 0.1) is 12.7 Å². The van der Waals surface area contributed by atoms with Gasteiger partial charge in [-0.2, -0.15) is 0 Å². The normalized spacial score (nSPS) is 10.2. The van der Waals surface area contributed by atoms with Crippen LogP contribution >= 0.6 is 0 Å². The van der Waals surface area contributed by atoms with Crippen molar-refractivity contribution in [3.05, 3.63) is 41.7 Å². The van der Waals surface area contributed by atoms with Crippen LogP contribution in [0.3, 0.4) is 0 Å². The Morgan fingerprint density at radius 1 is 1.47 bits per heavy atom. The maximum absolute atomic E-state index is 11.9. The molecule has 0 bridgehead atoms. The number of oxazole rings is 1. The largest absolute Gasteiger partial charge is 0.444 e. The van der Waals surface area contributed by atoms with Crippen LogP contribution in [0.5, 0.6) is 0 Å². The van der Waals surface area contributed by atoms with Gasteiger partial charge in [0.15, 0.2) is 0 Å². The standard InChI is InChI=1S/C12H15N5O2/c1-2-9-6-15-11(19-9)7-16-12(18)8-3-4-14-10(5-8)17-13/h3-6H,2,7,13H2,1H3,(H,14,17)(H,16,18). The van der Waals surface area contributed by atoms with E-state index in [1.807, 2.05) is 6.92 Å². The van der Waals surface area contributed by atoms with Crippen LogP contribution in [-0.4, -0.2) is 15.9 Å². The summed E-state index contributed by atoms with van der Waals surface area (Å²) in [4.78, 5) is 19.9. The number of carbonyl (C=O) groups is 1. The van der Waals surface area contributed by atoms with E-state index in [2.05, 4.69) is 20.7 Å². The summed E-state index contributed by atoms with van der Waals surface area (Å²) in [5.74, 6) is 6.70. The minimum absolute atomic E-state index is 0.241. The SMILES string of the molecule is CCc1cnc(CNC(=O)c2ccnc(NN)c2)o1. The molecule has 0 saturated heterocycles. The van der Waals surface area contributed by atoms with Gasteiger partial charge in [0.1, 0.15) is 11.6 Å². The van der Waals surface area contributed by atoms with Crippen LogP contribution < -0.4 is 16.6 Å². The number of nitrogens with one attached hydrogen (secondary N) is 2. The quantitative estimate of drug-likeness (QED) is 0.544. The highest BCUT2D eigenvalue weighted by Gasteiger charge is 2.08. The monoisotopic (exact) mass is 261 g/mol. The Morgan fingerprint density at radius 3 is 3.00 bits per heavy atom. The number of rotatable bonds is 5. The summed E-state index contributed by atoms with van der Waals surface area (Å²) in [6.45, 7) is 2.22. The van der Waals surface area contributed by atoms with Crippen molar-refractivity contribution in [3.63, 3.8) is 0 Å². The Morgan fingerprint density at radius 2 is 2.32 bits per heavy atom. The minimum Gasteiger partial charge on any atom is -0.444 e. The lowest BCUT2D eigenvalue weighted by molar-refractivity contribution is 0.0947. The third-order valence-electron chi connectivity index (χ3n) is 2.52. The van der Waals surface area contributed by atoms with Gasteiger partial charge in [0, 0.05) is 18.2 Å². The highest BCUT2D eigenvalue weighted by atomic mass is 16.4. The molecule has 7 heteroatoms. The van der Waals surface area contributed by atoms with E-state index in [9.17, 15) is 4.79 Å². The van der Waals surface area contributed by atoms with E-state index in [0.29, 0.717) is 17.3 Å². The second kappa shape index (κ2) is 5.96. The number of nitrogen functional groups attached to an aromatic ring is 1. The van der Waals surface area contributed by atoms with Crippen LogP contribution in [0.15, 0.2) is 28.9 Å². The Bertz CT molecular complexity index is 567. The van der Waals surface area contributed by atoms with Gasteiger partial charge in [-0.1, -0.05) is 6.92 Å². The van der Waals surface area contributed by atoms with Crippen LogP contribution in [-0.2, 0) is 13.0 Å². The molecule has 0 fully saturated rings. The summed E-state index contributed by atoms with van der Waals surface area (Å²) in [7, 11) is 0. The van der Waals surface area contributed by atoms with Crippen molar-refractivity contribution in [2.75, 3.05) is 5.43 Å². The zero-order chi connectivity index (χ0) is 13.7. The van der Waals surface area contributed by atoms with Gasteiger partial charge in [-0.3, -0.25) is 4.79 Å². The summed E-state index contributed by atoms with van der Waals surface area (Å²) in [5, 5.41) is 2.71. The van der Waals surface area contributed by atoms with Gasteiger partial charge < -0.3 is 15.2 Å². The van der Waals surface area contributed by atoms with E-state index in [1.54, 1.807) is 18.3 Å². The molecule has 0 atom stereocenters. The number of amides is 1. The van der Waals surface area contributed by atoms with Crippen LogP contribution in [0.1, 0.15) is 28.9 Å². The number of pyridine rings is 1. The number of anilines is 1. The number of nitrogens with zero attached hydrogens (tertiary/aromatic N) is 2. The molecular weight excluding hydrogens is 246 g/mol. The fourth-order valence-corrected chi connectivity index (χ4v) is 1.50. The zero-order valence-corrected chi connectivity index (χ0v) is 10.5. The molecule has 2 aromatic heterocycles. The van der Waals surface area contributed by atoms with Crippen molar-refractivity contribution in [3.8, 4) is 0 Å². The number of hydrogen-bond donors (Lipinski definition) is 3. The molecule has 7 nitrogen and oxygen atoms in total. The summed E-state index contributed by atoms with van der Waals surface area (Å²) in [6, 6.07) is 3.16. The molecule has 0 aromatic carbocycles. The van der Waals surface area contributed by atoms with Crippen molar-refractivity contribution < 1.29 is 9.21 Å². The Labute approximate surface area is 110 Å². The number of hydrogen-bond acceptors (Lipinski definition) is 6. The summed E-state index contributed by atoms with van der Waals surface area (Å²) in [5.41, 5.74) is 2.85. The van der Waals surface area contributed by atoms with Crippen molar-refractivity contribution in [1.29, 1.82) is 0 Å². The lowest BCUT2D eigenvalue weighted by Crippen LogP contribution is -2.23. The lowest BCUT2D eigenvalue weighted by atomic mass is 10.2. The molecule has 0 unspecified atom stereocenters. The molecule has 1 amide bonds. The van der Waals surface area contributed by atoms with Crippen LogP contribution in [0, 0.1) is 0 Å². The molecular formula is C12H15N5O2. The van der Waals surface area contributed by atoms with Crippen LogP contribution in [0.2, 0.25) is 0 Å². The maximum Gasteiger partial charge on any atom is 0.251 e.